The highest BCUT2D eigenvalue weighted by Crippen LogP contribution is 2.23. The number of rotatable bonds is 6. The fourth-order valence-corrected chi connectivity index (χ4v) is 2.23. The topological polar surface area (TPSA) is 34.2 Å². The zero-order valence-electron chi connectivity index (χ0n) is 12.6. The van der Waals surface area contributed by atoms with Crippen LogP contribution in [0.25, 0.3) is 0 Å². The van der Waals surface area contributed by atoms with Gasteiger partial charge in [0.25, 0.3) is 0 Å². The van der Waals surface area contributed by atoms with Gasteiger partial charge in [0.15, 0.2) is 0 Å². The summed E-state index contributed by atoms with van der Waals surface area (Å²) in [5.74, 6) is 0.649. The van der Waals surface area contributed by atoms with E-state index in [-0.39, 0.29) is 12.1 Å². The standard InChI is InChI=1S/C17H21ClN2O/c1-12(2)21-17-16(5-4-10-19-17)20-13(3)11-14-6-8-15(18)9-7-14/h4-10,12-13,20H,11H2,1-3H3. The summed E-state index contributed by atoms with van der Waals surface area (Å²) >= 11 is 5.91. The Hall–Kier alpha value is -1.74. The molecule has 0 bridgehead atoms. The number of hydrogen-bond donors (Lipinski definition) is 1. The molecule has 0 radical (unpaired) electrons. The van der Waals surface area contributed by atoms with Crippen LogP contribution in [0.15, 0.2) is 42.6 Å². The van der Waals surface area contributed by atoms with Crippen molar-refractivity contribution in [2.45, 2.75) is 39.3 Å². The number of halogens is 1. The second kappa shape index (κ2) is 7.32. The van der Waals surface area contributed by atoms with E-state index < -0.39 is 0 Å². The summed E-state index contributed by atoms with van der Waals surface area (Å²) in [7, 11) is 0. The highest BCUT2D eigenvalue weighted by Gasteiger charge is 2.10. The van der Waals surface area contributed by atoms with Crippen molar-refractivity contribution in [2.24, 2.45) is 0 Å². The molecule has 0 fully saturated rings. The van der Waals surface area contributed by atoms with E-state index in [2.05, 4.69) is 29.4 Å². The predicted octanol–water partition coefficient (Wildman–Crippen LogP) is 4.57. The van der Waals surface area contributed by atoms with Crippen LogP contribution in [0.5, 0.6) is 5.88 Å². The molecule has 0 aliphatic heterocycles. The molecule has 2 aromatic rings. The maximum Gasteiger partial charge on any atom is 0.237 e. The van der Waals surface area contributed by atoms with Crippen molar-refractivity contribution in [1.29, 1.82) is 0 Å². The fraction of sp³-hybridized carbons (Fsp3) is 0.353. The van der Waals surface area contributed by atoms with Gasteiger partial charge < -0.3 is 10.1 Å². The number of nitrogens with one attached hydrogen (secondary N) is 1. The summed E-state index contributed by atoms with van der Waals surface area (Å²) in [6.45, 7) is 6.13. The molecule has 1 unspecified atom stereocenters. The molecule has 0 saturated carbocycles. The van der Waals surface area contributed by atoms with Crippen molar-refractivity contribution < 1.29 is 4.74 Å². The molecule has 21 heavy (non-hydrogen) atoms. The van der Waals surface area contributed by atoms with Crippen LogP contribution in [-0.2, 0) is 6.42 Å². The number of benzene rings is 1. The summed E-state index contributed by atoms with van der Waals surface area (Å²) in [4.78, 5) is 4.29. The number of anilines is 1. The van der Waals surface area contributed by atoms with Gasteiger partial charge in [-0.15, -0.1) is 0 Å². The van der Waals surface area contributed by atoms with Gasteiger partial charge in [-0.2, -0.15) is 0 Å². The highest BCUT2D eigenvalue weighted by molar-refractivity contribution is 6.30. The van der Waals surface area contributed by atoms with Crippen molar-refractivity contribution in [3.63, 3.8) is 0 Å². The molecular formula is C17H21ClN2O. The third-order valence-electron chi connectivity index (χ3n) is 2.98. The lowest BCUT2D eigenvalue weighted by Gasteiger charge is -2.18. The van der Waals surface area contributed by atoms with Crippen LogP contribution in [0.1, 0.15) is 26.3 Å². The van der Waals surface area contributed by atoms with E-state index in [4.69, 9.17) is 16.3 Å². The molecule has 1 atom stereocenters. The molecule has 4 heteroatoms. The fourth-order valence-electron chi connectivity index (χ4n) is 2.11. The maximum atomic E-state index is 5.91. The lowest BCUT2D eigenvalue weighted by atomic mass is 10.1. The highest BCUT2D eigenvalue weighted by atomic mass is 35.5. The first-order valence-electron chi connectivity index (χ1n) is 7.17. The monoisotopic (exact) mass is 304 g/mol. The molecule has 0 saturated heterocycles. The average Bonchev–Trinajstić information content (AvgIpc) is 2.43. The van der Waals surface area contributed by atoms with Crippen LogP contribution in [0, 0.1) is 0 Å². The Kier molecular flexibility index (Phi) is 5.45. The molecule has 1 N–H and O–H groups in total. The van der Waals surface area contributed by atoms with Crippen molar-refractivity contribution in [2.75, 3.05) is 5.32 Å². The number of hydrogen-bond acceptors (Lipinski definition) is 3. The molecule has 1 heterocycles. The molecule has 112 valence electrons. The predicted molar refractivity (Wildman–Crippen MR) is 88.2 cm³/mol. The Morgan fingerprint density at radius 1 is 1.14 bits per heavy atom. The Morgan fingerprint density at radius 2 is 1.86 bits per heavy atom. The van der Waals surface area contributed by atoms with Gasteiger partial charge >= 0.3 is 0 Å². The third kappa shape index (κ3) is 4.94. The van der Waals surface area contributed by atoms with Gasteiger partial charge in [0.05, 0.1) is 11.8 Å². The van der Waals surface area contributed by atoms with Gasteiger partial charge in [-0.25, -0.2) is 4.98 Å². The molecule has 0 aliphatic rings. The van der Waals surface area contributed by atoms with E-state index in [1.165, 1.54) is 5.56 Å². The summed E-state index contributed by atoms with van der Waals surface area (Å²) in [6, 6.07) is 12.1. The van der Waals surface area contributed by atoms with E-state index in [0.29, 0.717) is 5.88 Å². The van der Waals surface area contributed by atoms with Crippen LogP contribution in [0.2, 0.25) is 5.02 Å². The molecule has 3 nitrogen and oxygen atoms in total. The Bertz CT molecular complexity index is 569. The second-order valence-corrected chi connectivity index (χ2v) is 5.84. The second-order valence-electron chi connectivity index (χ2n) is 5.40. The molecular weight excluding hydrogens is 284 g/mol. The maximum absolute atomic E-state index is 5.91. The van der Waals surface area contributed by atoms with Gasteiger partial charge in [0, 0.05) is 17.3 Å². The average molecular weight is 305 g/mol. The number of aromatic nitrogens is 1. The van der Waals surface area contributed by atoms with Crippen LogP contribution < -0.4 is 10.1 Å². The van der Waals surface area contributed by atoms with Crippen LogP contribution in [0.3, 0.4) is 0 Å². The SMILES string of the molecule is CC(Cc1ccc(Cl)cc1)Nc1cccnc1OC(C)C. The largest absolute Gasteiger partial charge is 0.473 e. The van der Waals surface area contributed by atoms with Crippen LogP contribution >= 0.6 is 11.6 Å². The van der Waals surface area contributed by atoms with Gasteiger partial charge in [0.2, 0.25) is 5.88 Å². The first-order chi connectivity index (χ1) is 10.0. The minimum atomic E-state index is 0.104. The summed E-state index contributed by atoms with van der Waals surface area (Å²) in [5, 5.41) is 4.22. The number of pyridine rings is 1. The smallest absolute Gasteiger partial charge is 0.237 e. The number of ether oxygens (including phenoxy) is 1. The molecule has 0 spiro atoms. The summed E-state index contributed by atoms with van der Waals surface area (Å²) < 4.78 is 5.72. The van der Waals surface area contributed by atoms with E-state index in [1.54, 1.807) is 6.20 Å². The first-order valence-corrected chi connectivity index (χ1v) is 7.55. The van der Waals surface area contributed by atoms with Gasteiger partial charge in [-0.1, -0.05) is 23.7 Å². The Balaban J connectivity index is 2.02. The molecule has 1 aromatic carbocycles. The van der Waals surface area contributed by atoms with E-state index >= 15 is 0 Å². The normalized spacial score (nSPS) is 12.2. The van der Waals surface area contributed by atoms with E-state index in [1.807, 2.05) is 38.1 Å². The molecule has 0 amide bonds. The number of nitrogens with zero attached hydrogens (tertiary/aromatic N) is 1. The van der Waals surface area contributed by atoms with Crippen molar-refractivity contribution in [3.8, 4) is 5.88 Å². The van der Waals surface area contributed by atoms with E-state index in [9.17, 15) is 0 Å². The molecule has 0 aliphatic carbocycles. The zero-order valence-corrected chi connectivity index (χ0v) is 13.4. The summed E-state index contributed by atoms with van der Waals surface area (Å²) in [5.41, 5.74) is 2.17. The van der Waals surface area contributed by atoms with Crippen LogP contribution in [-0.4, -0.2) is 17.1 Å². The zero-order chi connectivity index (χ0) is 15.2. The molecule has 1 aromatic heterocycles. The Labute approximate surface area is 131 Å². The van der Waals surface area contributed by atoms with Crippen molar-refractivity contribution >= 4 is 17.3 Å². The van der Waals surface area contributed by atoms with Gasteiger partial charge in [-0.05, 0) is 57.0 Å². The lowest BCUT2D eigenvalue weighted by molar-refractivity contribution is 0.234. The molecule has 2 rings (SSSR count). The van der Waals surface area contributed by atoms with Crippen molar-refractivity contribution in [1.82, 2.24) is 4.98 Å². The van der Waals surface area contributed by atoms with Crippen molar-refractivity contribution in [3.05, 3.63) is 53.2 Å². The Morgan fingerprint density at radius 3 is 2.52 bits per heavy atom. The third-order valence-corrected chi connectivity index (χ3v) is 3.23. The first kappa shape index (κ1) is 15.6. The minimum absolute atomic E-state index is 0.104. The van der Waals surface area contributed by atoms with Gasteiger partial charge in [-0.3, -0.25) is 0 Å². The van der Waals surface area contributed by atoms with Gasteiger partial charge in [0.1, 0.15) is 0 Å². The van der Waals surface area contributed by atoms with Crippen LogP contribution in [0.4, 0.5) is 5.69 Å². The minimum Gasteiger partial charge on any atom is -0.473 e. The quantitative estimate of drug-likeness (QED) is 0.849. The van der Waals surface area contributed by atoms with E-state index in [0.717, 1.165) is 17.1 Å². The summed E-state index contributed by atoms with van der Waals surface area (Å²) in [6.07, 6.45) is 2.76. The lowest BCUT2D eigenvalue weighted by Crippen LogP contribution is -2.19.